The zero-order chi connectivity index (χ0) is 24.4. The van der Waals surface area contributed by atoms with Crippen LogP contribution in [-0.4, -0.2) is 4.98 Å². The number of pyridine rings is 1. The lowest BCUT2D eigenvalue weighted by molar-refractivity contribution is 0.596. The molecule has 2 aromatic heterocycles. The van der Waals surface area contributed by atoms with Gasteiger partial charge in [0.15, 0.2) is 0 Å². The fourth-order valence-corrected chi connectivity index (χ4v) is 7.48. The van der Waals surface area contributed by atoms with Crippen LogP contribution in [0.15, 0.2) is 91.1 Å². The smallest absolute Gasteiger partial charge is 0.0880 e. The summed E-state index contributed by atoms with van der Waals surface area (Å²) in [6, 6.07) is 31.4. The van der Waals surface area contributed by atoms with Crippen LogP contribution in [0.3, 0.4) is 0 Å². The SMILES string of the molecule is CC(C)(C)c1cc(-c2nccc3c2sc2c4c(ccc23)CC(c2ccccc2)C4)cc2ccccc12. The average Bonchev–Trinajstić information content (AvgIpc) is 3.49. The van der Waals surface area contributed by atoms with Gasteiger partial charge in [0, 0.05) is 27.2 Å². The molecule has 0 fully saturated rings. The van der Waals surface area contributed by atoms with Crippen molar-refractivity contribution in [3.63, 3.8) is 0 Å². The van der Waals surface area contributed by atoms with E-state index in [0.29, 0.717) is 5.92 Å². The Bertz CT molecular complexity index is 1770. The monoisotopic (exact) mass is 483 g/mol. The summed E-state index contributed by atoms with van der Waals surface area (Å²) in [4.78, 5) is 4.97. The summed E-state index contributed by atoms with van der Waals surface area (Å²) in [5.41, 5.74) is 8.27. The van der Waals surface area contributed by atoms with Gasteiger partial charge in [-0.25, -0.2) is 0 Å². The van der Waals surface area contributed by atoms with E-state index in [9.17, 15) is 0 Å². The summed E-state index contributed by atoms with van der Waals surface area (Å²) >= 11 is 1.94. The van der Waals surface area contributed by atoms with E-state index in [2.05, 4.69) is 106 Å². The van der Waals surface area contributed by atoms with Gasteiger partial charge in [0.05, 0.1) is 10.4 Å². The highest BCUT2D eigenvalue weighted by atomic mass is 32.1. The van der Waals surface area contributed by atoms with Crippen LogP contribution in [-0.2, 0) is 18.3 Å². The molecule has 0 aliphatic heterocycles. The molecule has 1 aliphatic carbocycles. The second kappa shape index (κ2) is 8.01. The second-order valence-electron chi connectivity index (χ2n) is 11.2. The van der Waals surface area contributed by atoms with Crippen LogP contribution in [0, 0.1) is 0 Å². The van der Waals surface area contributed by atoms with Crippen molar-refractivity contribution in [3.05, 3.63) is 113 Å². The van der Waals surface area contributed by atoms with E-state index in [0.717, 1.165) is 18.5 Å². The maximum atomic E-state index is 4.97. The Morgan fingerprint density at radius 1 is 0.750 bits per heavy atom. The molecule has 0 saturated heterocycles. The zero-order valence-corrected chi connectivity index (χ0v) is 21.8. The molecule has 1 atom stereocenters. The molecular formula is C34H29NS. The predicted molar refractivity (Wildman–Crippen MR) is 155 cm³/mol. The first-order valence-corrected chi connectivity index (χ1v) is 13.7. The highest BCUT2D eigenvalue weighted by Gasteiger charge is 2.26. The number of hydrogen-bond acceptors (Lipinski definition) is 2. The van der Waals surface area contributed by atoms with Crippen molar-refractivity contribution >= 4 is 42.3 Å². The molecule has 0 saturated carbocycles. The lowest BCUT2D eigenvalue weighted by Gasteiger charge is -2.22. The van der Waals surface area contributed by atoms with E-state index >= 15 is 0 Å². The Morgan fingerprint density at radius 3 is 2.36 bits per heavy atom. The first-order chi connectivity index (χ1) is 17.5. The van der Waals surface area contributed by atoms with Crippen LogP contribution < -0.4 is 0 Å². The molecular weight excluding hydrogens is 454 g/mol. The molecule has 176 valence electrons. The molecule has 1 unspecified atom stereocenters. The summed E-state index contributed by atoms with van der Waals surface area (Å²) in [5, 5.41) is 5.33. The lowest BCUT2D eigenvalue weighted by atomic mass is 9.82. The number of fused-ring (bicyclic) bond motifs is 6. The number of nitrogens with zero attached hydrogens (tertiary/aromatic N) is 1. The highest BCUT2D eigenvalue weighted by Crippen LogP contribution is 2.46. The summed E-state index contributed by atoms with van der Waals surface area (Å²) in [6.07, 6.45) is 4.25. The predicted octanol–water partition coefficient (Wildman–Crippen LogP) is 9.45. The highest BCUT2D eigenvalue weighted by molar-refractivity contribution is 7.26. The Kier molecular flexibility index (Phi) is 4.84. The molecule has 0 radical (unpaired) electrons. The van der Waals surface area contributed by atoms with Gasteiger partial charge in [-0.2, -0.15) is 0 Å². The van der Waals surface area contributed by atoms with Gasteiger partial charge in [-0.05, 0) is 75.4 Å². The van der Waals surface area contributed by atoms with E-state index in [1.165, 1.54) is 53.2 Å². The minimum atomic E-state index is 0.0525. The molecule has 36 heavy (non-hydrogen) atoms. The number of hydrogen-bond donors (Lipinski definition) is 0. The molecule has 0 spiro atoms. The Balaban J connectivity index is 1.42. The van der Waals surface area contributed by atoms with E-state index in [1.54, 1.807) is 5.56 Å². The summed E-state index contributed by atoms with van der Waals surface area (Å²) in [6.45, 7) is 6.91. The summed E-state index contributed by atoms with van der Waals surface area (Å²) < 4.78 is 2.76. The first kappa shape index (κ1) is 21.8. The van der Waals surface area contributed by atoms with Crippen molar-refractivity contribution < 1.29 is 0 Å². The van der Waals surface area contributed by atoms with Crippen molar-refractivity contribution in [2.24, 2.45) is 0 Å². The van der Waals surface area contributed by atoms with Gasteiger partial charge in [-0.15, -0.1) is 11.3 Å². The van der Waals surface area contributed by atoms with E-state index < -0.39 is 0 Å². The maximum absolute atomic E-state index is 4.97. The molecule has 0 bridgehead atoms. The fraction of sp³-hybridized carbons (Fsp3) is 0.206. The number of rotatable bonds is 2. The van der Waals surface area contributed by atoms with Crippen LogP contribution in [0.4, 0.5) is 0 Å². The largest absolute Gasteiger partial charge is 0.255 e. The molecule has 1 aliphatic rings. The minimum Gasteiger partial charge on any atom is -0.255 e. The number of thiophene rings is 1. The van der Waals surface area contributed by atoms with Crippen molar-refractivity contribution in [1.82, 2.24) is 4.98 Å². The van der Waals surface area contributed by atoms with Gasteiger partial charge in [0.2, 0.25) is 0 Å². The standard InChI is InChI=1S/C34H29NS/c1-34(2,3)30-20-25(18-22-11-7-8-12-26(22)30)31-33-28(15-16-35-31)27-14-13-23-17-24(19-29(23)32(27)36-33)21-9-5-4-6-10-21/h4-16,18,20,24H,17,19H2,1-3H3. The molecule has 2 heteroatoms. The Labute approximate surface area is 216 Å². The van der Waals surface area contributed by atoms with Gasteiger partial charge in [0.25, 0.3) is 0 Å². The molecule has 2 heterocycles. The van der Waals surface area contributed by atoms with Crippen LogP contribution in [0.1, 0.15) is 48.9 Å². The minimum absolute atomic E-state index is 0.0525. The van der Waals surface area contributed by atoms with Crippen LogP contribution in [0.2, 0.25) is 0 Å². The third-order valence-corrected chi connectivity index (χ3v) is 9.18. The molecule has 0 amide bonds. The quantitative estimate of drug-likeness (QED) is 0.239. The summed E-state index contributed by atoms with van der Waals surface area (Å²) in [7, 11) is 0. The first-order valence-electron chi connectivity index (χ1n) is 12.9. The normalized spacial score (nSPS) is 15.7. The second-order valence-corrected chi connectivity index (χ2v) is 12.2. The zero-order valence-electron chi connectivity index (χ0n) is 21.0. The molecule has 6 aromatic rings. The Morgan fingerprint density at radius 2 is 1.53 bits per heavy atom. The molecule has 0 N–H and O–H groups in total. The number of benzene rings is 4. The van der Waals surface area contributed by atoms with Gasteiger partial charge >= 0.3 is 0 Å². The summed E-state index contributed by atoms with van der Waals surface area (Å²) in [5.74, 6) is 0.574. The molecule has 1 nitrogen and oxygen atoms in total. The maximum Gasteiger partial charge on any atom is 0.0880 e. The lowest BCUT2D eigenvalue weighted by Crippen LogP contribution is -2.12. The van der Waals surface area contributed by atoms with Gasteiger partial charge in [-0.1, -0.05) is 87.5 Å². The van der Waals surface area contributed by atoms with E-state index in [-0.39, 0.29) is 5.41 Å². The van der Waals surface area contributed by atoms with Gasteiger partial charge < -0.3 is 0 Å². The van der Waals surface area contributed by atoms with Crippen LogP contribution >= 0.6 is 11.3 Å². The van der Waals surface area contributed by atoms with Crippen molar-refractivity contribution in [2.45, 2.75) is 44.9 Å². The number of aromatic nitrogens is 1. The molecule has 4 aromatic carbocycles. The van der Waals surface area contributed by atoms with Gasteiger partial charge in [0.1, 0.15) is 0 Å². The topological polar surface area (TPSA) is 12.9 Å². The third-order valence-electron chi connectivity index (χ3n) is 7.89. The van der Waals surface area contributed by atoms with Crippen molar-refractivity contribution in [2.75, 3.05) is 0 Å². The average molecular weight is 484 g/mol. The van der Waals surface area contributed by atoms with E-state index in [4.69, 9.17) is 4.98 Å². The molecule has 7 rings (SSSR count). The van der Waals surface area contributed by atoms with Crippen LogP contribution in [0.5, 0.6) is 0 Å². The van der Waals surface area contributed by atoms with Crippen molar-refractivity contribution in [3.8, 4) is 11.3 Å². The fourth-order valence-electron chi connectivity index (χ4n) is 6.10. The van der Waals surface area contributed by atoms with Crippen LogP contribution in [0.25, 0.3) is 42.2 Å². The van der Waals surface area contributed by atoms with Gasteiger partial charge in [-0.3, -0.25) is 4.98 Å². The van der Waals surface area contributed by atoms with E-state index in [1.807, 2.05) is 17.5 Å². The third kappa shape index (κ3) is 3.39. The Hall–Kier alpha value is -3.49. The van der Waals surface area contributed by atoms with Crippen molar-refractivity contribution in [1.29, 1.82) is 0 Å².